The summed E-state index contributed by atoms with van der Waals surface area (Å²) in [6, 6.07) is 8.21. The van der Waals surface area contributed by atoms with E-state index in [4.69, 9.17) is 9.47 Å². The van der Waals surface area contributed by atoms with Crippen LogP contribution in [0.1, 0.15) is 25.7 Å². The van der Waals surface area contributed by atoms with Crippen LogP contribution in [-0.4, -0.2) is 13.2 Å². The molecule has 6 unspecified atom stereocenters. The second-order valence-corrected chi connectivity index (χ2v) is 8.18. The quantitative estimate of drug-likeness (QED) is 0.696. The second-order valence-electron chi connectivity index (χ2n) is 8.18. The van der Waals surface area contributed by atoms with Crippen molar-refractivity contribution in [3.8, 4) is 11.5 Å². The average Bonchev–Trinajstić information content (AvgIpc) is 3.39. The Hall–Kier alpha value is -1.70. The first kappa shape index (κ1) is 14.6. The number of allylic oxidation sites excluding steroid dienone is 4. The van der Waals surface area contributed by atoms with Crippen molar-refractivity contribution in [3.63, 3.8) is 0 Å². The molecule has 0 aromatic heterocycles. The third-order valence-electron chi connectivity index (χ3n) is 6.57. The van der Waals surface area contributed by atoms with Gasteiger partial charge in [-0.15, -0.1) is 0 Å². The van der Waals surface area contributed by atoms with Gasteiger partial charge in [0.1, 0.15) is 11.5 Å². The molecule has 4 aliphatic rings. The lowest BCUT2D eigenvalue weighted by molar-refractivity contribution is 0.217. The highest BCUT2D eigenvalue weighted by Gasteiger charge is 2.36. The Morgan fingerprint density at radius 3 is 1.67 bits per heavy atom. The molecule has 1 aromatic rings. The molecule has 126 valence electrons. The molecule has 0 aliphatic heterocycles. The molecular weight excluding hydrogens is 296 g/mol. The van der Waals surface area contributed by atoms with Crippen molar-refractivity contribution in [1.82, 2.24) is 0 Å². The number of ether oxygens (including phenoxy) is 2. The topological polar surface area (TPSA) is 18.5 Å². The zero-order chi connectivity index (χ0) is 15.9. The van der Waals surface area contributed by atoms with Crippen LogP contribution in [0.25, 0.3) is 0 Å². The lowest BCUT2D eigenvalue weighted by atomic mass is 9.94. The van der Waals surface area contributed by atoms with Crippen molar-refractivity contribution in [1.29, 1.82) is 0 Å². The summed E-state index contributed by atoms with van der Waals surface area (Å²) < 4.78 is 12.2. The van der Waals surface area contributed by atoms with E-state index in [2.05, 4.69) is 42.5 Å². The third kappa shape index (κ3) is 2.76. The number of hydrogen-bond donors (Lipinski definition) is 0. The van der Waals surface area contributed by atoms with Crippen molar-refractivity contribution >= 4 is 0 Å². The van der Waals surface area contributed by atoms with Gasteiger partial charge in [0.05, 0.1) is 13.2 Å². The molecule has 0 saturated heterocycles. The Kier molecular flexibility index (Phi) is 3.65. The van der Waals surface area contributed by atoms with Gasteiger partial charge < -0.3 is 9.47 Å². The highest BCUT2D eigenvalue weighted by atomic mass is 16.5. The van der Waals surface area contributed by atoms with Crippen molar-refractivity contribution < 1.29 is 9.47 Å². The van der Waals surface area contributed by atoms with Crippen LogP contribution in [0.4, 0.5) is 0 Å². The molecule has 0 radical (unpaired) electrons. The monoisotopic (exact) mass is 322 g/mol. The SMILES string of the molecule is C1=CC2CC1CC2COc1cccc(OCC2CC3C=CC2C3)c1. The Labute approximate surface area is 144 Å². The molecule has 0 N–H and O–H groups in total. The van der Waals surface area contributed by atoms with Gasteiger partial charge in [0.15, 0.2) is 0 Å². The summed E-state index contributed by atoms with van der Waals surface area (Å²) >= 11 is 0. The van der Waals surface area contributed by atoms with Crippen LogP contribution in [-0.2, 0) is 0 Å². The number of fused-ring (bicyclic) bond motifs is 4. The van der Waals surface area contributed by atoms with Crippen LogP contribution in [0.5, 0.6) is 11.5 Å². The molecule has 2 nitrogen and oxygen atoms in total. The van der Waals surface area contributed by atoms with Crippen molar-refractivity contribution in [3.05, 3.63) is 48.6 Å². The van der Waals surface area contributed by atoms with Crippen molar-refractivity contribution in [2.24, 2.45) is 35.5 Å². The molecule has 2 heteroatoms. The van der Waals surface area contributed by atoms with Crippen LogP contribution in [0.2, 0.25) is 0 Å². The van der Waals surface area contributed by atoms with Gasteiger partial charge in [-0.3, -0.25) is 0 Å². The average molecular weight is 322 g/mol. The van der Waals surface area contributed by atoms with Crippen LogP contribution < -0.4 is 9.47 Å². The third-order valence-corrected chi connectivity index (χ3v) is 6.57. The maximum absolute atomic E-state index is 6.08. The van der Waals surface area contributed by atoms with E-state index >= 15 is 0 Å². The molecule has 24 heavy (non-hydrogen) atoms. The lowest BCUT2D eigenvalue weighted by Crippen LogP contribution is -2.17. The largest absolute Gasteiger partial charge is 0.493 e. The zero-order valence-corrected chi connectivity index (χ0v) is 14.1. The molecular formula is C22H26O2. The van der Waals surface area contributed by atoms with E-state index in [0.717, 1.165) is 48.4 Å². The van der Waals surface area contributed by atoms with Gasteiger partial charge >= 0.3 is 0 Å². The summed E-state index contributed by atoms with van der Waals surface area (Å²) in [5, 5.41) is 0. The van der Waals surface area contributed by atoms with E-state index in [1.807, 2.05) is 6.07 Å². The molecule has 2 fully saturated rings. The predicted octanol–water partition coefficient (Wildman–Crippen LogP) is 4.87. The minimum Gasteiger partial charge on any atom is -0.493 e. The molecule has 4 bridgehead atoms. The van der Waals surface area contributed by atoms with Crippen molar-refractivity contribution in [2.75, 3.05) is 13.2 Å². The summed E-state index contributed by atoms with van der Waals surface area (Å²) in [5.41, 5.74) is 0. The molecule has 0 spiro atoms. The van der Waals surface area contributed by atoms with E-state index in [9.17, 15) is 0 Å². The Morgan fingerprint density at radius 1 is 0.708 bits per heavy atom. The fourth-order valence-corrected chi connectivity index (χ4v) is 5.23. The molecule has 4 aliphatic carbocycles. The van der Waals surface area contributed by atoms with Crippen LogP contribution in [0.15, 0.2) is 48.6 Å². The Bertz CT molecular complexity index is 608. The fraction of sp³-hybridized carbons (Fsp3) is 0.545. The van der Waals surface area contributed by atoms with Crippen LogP contribution in [0.3, 0.4) is 0 Å². The van der Waals surface area contributed by atoms with Gasteiger partial charge in [-0.25, -0.2) is 0 Å². The summed E-state index contributed by atoms with van der Waals surface area (Å²) in [5.74, 6) is 6.43. The van der Waals surface area contributed by atoms with E-state index < -0.39 is 0 Å². The Balaban J connectivity index is 1.15. The zero-order valence-electron chi connectivity index (χ0n) is 14.1. The molecule has 0 amide bonds. The van der Waals surface area contributed by atoms with E-state index in [1.54, 1.807) is 0 Å². The summed E-state index contributed by atoms with van der Waals surface area (Å²) in [6.45, 7) is 1.68. The fourth-order valence-electron chi connectivity index (χ4n) is 5.23. The normalized spacial score (nSPS) is 38.2. The number of benzene rings is 1. The summed E-state index contributed by atoms with van der Waals surface area (Å²) in [6.07, 6.45) is 14.9. The first-order chi connectivity index (χ1) is 11.8. The van der Waals surface area contributed by atoms with E-state index in [1.165, 1.54) is 25.7 Å². The number of rotatable bonds is 6. The molecule has 1 aromatic carbocycles. The van der Waals surface area contributed by atoms with Crippen LogP contribution >= 0.6 is 0 Å². The van der Waals surface area contributed by atoms with Gasteiger partial charge in [0, 0.05) is 6.07 Å². The Morgan fingerprint density at radius 2 is 1.25 bits per heavy atom. The lowest BCUT2D eigenvalue weighted by Gasteiger charge is -2.20. The van der Waals surface area contributed by atoms with E-state index in [-0.39, 0.29) is 0 Å². The van der Waals surface area contributed by atoms with Crippen LogP contribution in [0, 0.1) is 35.5 Å². The minimum atomic E-state index is 0.699. The second kappa shape index (κ2) is 5.98. The molecule has 5 rings (SSSR count). The molecule has 6 atom stereocenters. The van der Waals surface area contributed by atoms with Gasteiger partial charge in [-0.2, -0.15) is 0 Å². The van der Waals surface area contributed by atoms with E-state index in [0.29, 0.717) is 11.8 Å². The first-order valence-corrected chi connectivity index (χ1v) is 9.56. The molecule has 2 saturated carbocycles. The van der Waals surface area contributed by atoms with Gasteiger partial charge in [-0.1, -0.05) is 30.4 Å². The predicted molar refractivity (Wildman–Crippen MR) is 95.1 cm³/mol. The van der Waals surface area contributed by atoms with Gasteiger partial charge in [0.2, 0.25) is 0 Å². The minimum absolute atomic E-state index is 0.699. The van der Waals surface area contributed by atoms with Gasteiger partial charge in [-0.05, 0) is 73.3 Å². The number of hydrogen-bond acceptors (Lipinski definition) is 2. The van der Waals surface area contributed by atoms with Gasteiger partial charge in [0.25, 0.3) is 0 Å². The highest BCUT2D eigenvalue weighted by molar-refractivity contribution is 5.33. The maximum Gasteiger partial charge on any atom is 0.122 e. The maximum atomic E-state index is 6.08. The van der Waals surface area contributed by atoms with Crippen molar-refractivity contribution in [2.45, 2.75) is 25.7 Å². The molecule has 0 heterocycles. The first-order valence-electron chi connectivity index (χ1n) is 9.56. The summed E-state index contributed by atoms with van der Waals surface area (Å²) in [7, 11) is 0. The smallest absolute Gasteiger partial charge is 0.122 e. The standard InChI is InChI=1S/C22H26O2/c1-2-21(23-13-19-10-15-4-6-17(19)8-15)12-22(3-1)24-14-20-11-16-5-7-18(20)9-16/h1-7,12,15-20H,8-11,13-14H2. The highest BCUT2D eigenvalue weighted by Crippen LogP contribution is 2.44. The summed E-state index contributed by atoms with van der Waals surface area (Å²) in [4.78, 5) is 0.